The summed E-state index contributed by atoms with van der Waals surface area (Å²) in [5.41, 5.74) is 6.08. The highest BCUT2D eigenvalue weighted by molar-refractivity contribution is 7.99. The fourth-order valence-electron chi connectivity index (χ4n) is 1.62. The fraction of sp³-hybridized carbons (Fsp3) is 0.385. The molecule has 1 aromatic carbocycles. The molecule has 0 spiro atoms. The minimum Gasteiger partial charge on any atom is -0.480 e. The molecule has 19 heavy (non-hydrogen) atoms. The van der Waals surface area contributed by atoms with E-state index < -0.39 is 11.5 Å². The van der Waals surface area contributed by atoms with Gasteiger partial charge in [-0.2, -0.15) is 0 Å². The number of para-hydroxylation sites is 2. The normalized spacial score (nSPS) is 14.4. The zero-order chi connectivity index (χ0) is 13.9. The first-order chi connectivity index (χ1) is 8.99. The number of aliphatic carboxylic acids is 1. The van der Waals surface area contributed by atoms with Crippen LogP contribution < -0.4 is 5.73 Å². The number of hydrogen-bond acceptors (Lipinski definition) is 5. The summed E-state index contributed by atoms with van der Waals surface area (Å²) in [5, 5.41) is 9.50. The topological polar surface area (TPSA) is 89.4 Å². The van der Waals surface area contributed by atoms with Gasteiger partial charge in [0, 0.05) is 5.75 Å². The lowest BCUT2D eigenvalue weighted by Crippen LogP contribution is -2.44. The van der Waals surface area contributed by atoms with Gasteiger partial charge in [-0.05, 0) is 31.9 Å². The number of benzene rings is 1. The Morgan fingerprint density at radius 3 is 2.95 bits per heavy atom. The third kappa shape index (κ3) is 3.48. The Bertz CT molecular complexity index is 547. The van der Waals surface area contributed by atoms with Gasteiger partial charge in [-0.25, -0.2) is 4.98 Å². The van der Waals surface area contributed by atoms with E-state index in [-0.39, 0.29) is 0 Å². The van der Waals surface area contributed by atoms with Crippen molar-refractivity contribution in [3.05, 3.63) is 24.3 Å². The average molecular weight is 280 g/mol. The van der Waals surface area contributed by atoms with Gasteiger partial charge >= 0.3 is 5.97 Å². The van der Waals surface area contributed by atoms with Crippen LogP contribution in [0.2, 0.25) is 0 Å². The highest BCUT2D eigenvalue weighted by Gasteiger charge is 2.26. The monoisotopic (exact) mass is 280 g/mol. The zero-order valence-electron chi connectivity index (χ0n) is 10.6. The molecule has 1 unspecified atom stereocenters. The second-order valence-electron chi connectivity index (χ2n) is 4.62. The summed E-state index contributed by atoms with van der Waals surface area (Å²) in [6, 6.07) is 7.57. The Hall–Kier alpha value is -1.53. The highest BCUT2D eigenvalue weighted by Crippen LogP contribution is 2.24. The molecule has 0 aliphatic rings. The maximum atomic E-state index is 10.8. The predicted octanol–water partition coefficient (Wildman–Crippen LogP) is 2.50. The van der Waals surface area contributed by atoms with E-state index in [4.69, 9.17) is 15.3 Å². The van der Waals surface area contributed by atoms with Crippen molar-refractivity contribution in [3.8, 4) is 0 Å². The van der Waals surface area contributed by atoms with Crippen molar-refractivity contribution in [2.75, 3.05) is 5.75 Å². The number of oxazole rings is 1. The third-order valence-corrected chi connectivity index (χ3v) is 3.74. The van der Waals surface area contributed by atoms with Crippen molar-refractivity contribution in [3.63, 3.8) is 0 Å². The van der Waals surface area contributed by atoms with Crippen LogP contribution in [0.4, 0.5) is 0 Å². The fourth-order valence-corrected chi connectivity index (χ4v) is 2.39. The molecule has 0 saturated heterocycles. The van der Waals surface area contributed by atoms with Crippen molar-refractivity contribution in [2.24, 2.45) is 5.73 Å². The van der Waals surface area contributed by atoms with E-state index in [1.54, 1.807) is 0 Å². The highest BCUT2D eigenvalue weighted by atomic mass is 32.2. The van der Waals surface area contributed by atoms with Crippen LogP contribution in [-0.4, -0.2) is 27.4 Å². The first kappa shape index (κ1) is 13.9. The molecule has 2 rings (SSSR count). The molecular formula is C13H16N2O3S. The summed E-state index contributed by atoms with van der Waals surface area (Å²) in [7, 11) is 0. The minimum atomic E-state index is -1.16. The second kappa shape index (κ2) is 5.63. The summed E-state index contributed by atoms with van der Waals surface area (Å²) in [4.78, 5) is 15.2. The van der Waals surface area contributed by atoms with Gasteiger partial charge in [0.1, 0.15) is 11.1 Å². The second-order valence-corrected chi connectivity index (χ2v) is 5.67. The molecule has 5 nitrogen and oxygen atoms in total. The number of rotatable bonds is 6. The number of carboxylic acid groups (broad SMARTS) is 1. The number of nitrogens with zero attached hydrogens (tertiary/aromatic N) is 1. The van der Waals surface area contributed by atoms with Crippen LogP contribution in [0.3, 0.4) is 0 Å². The Balaban J connectivity index is 1.84. The zero-order valence-corrected chi connectivity index (χ0v) is 11.4. The number of thioether (sulfide) groups is 1. The quantitative estimate of drug-likeness (QED) is 0.624. The molecule has 1 aromatic heterocycles. The number of carboxylic acids is 1. The molecule has 0 bridgehead atoms. The van der Waals surface area contributed by atoms with Crippen LogP contribution in [0, 0.1) is 0 Å². The van der Waals surface area contributed by atoms with E-state index in [0.717, 1.165) is 16.9 Å². The van der Waals surface area contributed by atoms with Crippen molar-refractivity contribution >= 4 is 28.8 Å². The molecule has 0 fully saturated rings. The third-order valence-electron chi connectivity index (χ3n) is 2.83. The van der Waals surface area contributed by atoms with Gasteiger partial charge in [0.15, 0.2) is 5.58 Å². The number of carbonyl (C=O) groups is 1. The first-order valence-corrected chi connectivity index (χ1v) is 6.98. The Labute approximate surface area is 115 Å². The van der Waals surface area contributed by atoms with E-state index in [1.165, 1.54) is 18.7 Å². The summed E-state index contributed by atoms with van der Waals surface area (Å²) < 4.78 is 5.55. The molecule has 0 amide bonds. The van der Waals surface area contributed by atoms with Crippen molar-refractivity contribution in [1.29, 1.82) is 0 Å². The van der Waals surface area contributed by atoms with Crippen LogP contribution in [0.1, 0.15) is 19.8 Å². The van der Waals surface area contributed by atoms with E-state index in [2.05, 4.69) is 4.98 Å². The van der Waals surface area contributed by atoms with Gasteiger partial charge in [0.05, 0.1) is 0 Å². The summed E-state index contributed by atoms with van der Waals surface area (Å²) in [5.74, 6) is -0.244. The Morgan fingerprint density at radius 1 is 1.53 bits per heavy atom. The maximum absolute atomic E-state index is 10.8. The maximum Gasteiger partial charge on any atom is 0.323 e. The van der Waals surface area contributed by atoms with E-state index in [0.29, 0.717) is 18.1 Å². The molecule has 102 valence electrons. The van der Waals surface area contributed by atoms with Gasteiger partial charge in [-0.3, -0.25) is 4.79 Å². The predicted molar refractivity (Wildman–Crippen MR) is 74.2 cm³/mol. The molecular weight excluding hydrogens is 264 g/mol. The van der Waals surface area contributed by atoms with Crippen molar-refractivity contribution < 1.29 is 14.3 Å². The number of nitrogens with two attached hydrogens (primary N) is 1. The van der Waals surface area contributed by atoms with Crippen molar-refractivity contribution in [1.82, 2.24) is 4.98 Å². The smallest absolute Gasteiger partial charge is 0.323 e. The van der Waals surface area contributed by atoms with Gasteiger partial charge in [0.25, 0.3) is 5.22 Å². The lowest BCUT2D eigenvalue weighted by Gasteiger charge is -2.18. The van der Waals surface area contributed by atoms with Crippen molar-refractivity contribution in [2.45, 2.75) is 30.5 Å². The SMILES string of the molecule is CC(N)(CCCSc1nc2ccccc2o1)C(=O)O. The van der Waals surface area contributed by atoms with Crippen LogP contribution in [-0.2, 0) is 4.79 Å². The number of fused-ring (bicyclic) bond motifs is 1. The number of hydrogen-bond donors (Lipinski definition) is 2. The van der Waals surface area contributed by atoms with Gasteiger partial charge in [0.2, 0.25) is 0 Å². The lowest BCUT2D eigenvalue weighted by atomic mass is 9.98. The van der Waals surface area contributed by atoms with Crippen LogP contribution >= 0.6 is 11.8 Å². The molecule has 0 saturated carbocycles. The summed E-state index contributed by atoms with van der Waals surface area (Å²) >= 11 is 1.47. The molecule has 0 aliphatic carbocycles. The molecule has 0 aliphatic heterocycles. The van der Waals surface area contributed by atoms with Gasteiger partial charge in [-0.1, -0.05) is 23.9 Å². The molecule has 1 atom stereocenters. The Kier molecular flexibility index (Phi) is 4.11. The molecule has 2 aromatic rings. The van der Waals surface area contributed by atoms with Crippen LogP contribution in [0.25, 0.3) is 11.1 Å². The van der Waals surface area contributed by atoms with Gasteiger partial charge in [-0.15, -0.1) is 0 Å². The number of aromatic nitrogens is 1. The molecule has 6 heteroatoms. The lowest BCUT2D eigenvalue weighted by molar-refractivity contribution is -0.142. The molecule has 0 radical (unpaired) electrons. The van der Waals surface area contributed by atoms with Crippen LogP contribution in [0.5, 0.6) is 0 Å². The largest absolute Gasteiger partial charge is 0.480 e. The van der Waals surface area contributed by atoms with E-state index in [9.17, 15) is 4.79 Å². The van der Waals surface area contributed by atoms with E-state index >= 15 is 0 Å². The molecule has 3 N–H and O–H groups in total. The summed E-state index contributed by atoms with van der Waals surface area (Å²) in [6.45, 7) is 1.53. The summed E-state index contributed by atoms with van der Waals surface area (Å²) in [6.07, 6.45) is 1.12. The van der Waals surface area contributed by atoms with Gasteiger partial charge < -0.3 is 15.3 Å². The van der Waals surface area contributed by atoms with E-state index in [1.807, 2.05) is 24.3 Å². The standard InChI is InChI=1S/C13H16N2O3S/c1-13(14,11(16)17)7-4-8-19-12-15-9-5-2-3-6-10(9)18-12/h2-3,5-6H,4,7-8,14H2,1H3,(H,16,17). The van der Waals surface area contributed by atoms with Crippen LogP contribution in [0.15, 0.2) is 33.9 Å². The minimum absolute atomic E-state index is 0.426. The Morgan fingerprint density at radius 2 is 2.26 bits per heavy atom. The first-order valence-electron chi connectivity index (χ1n) is 6.00. The molecule has 1 heterocycles. The average Bonchev–Trinajstić information content (AvgIpc) is 2.77.